The van der Waals surface area contributed by atoms with Gasteiger partial charge in [0.2, 0.25) is 11.8 Å². The van der Waals surface area contributed by atoms with Crippen LogP contribution in [0.5, 0.6) is 0 Å². The molecule has 2 atom stereocenters. The van der Waals surface area contributed by atoms with Crippen molar-refractivity contribution in [2.45, 2.75) is 38.6 Å². The molecule has 180 valence electrons. The standard InChI is InChI=1S/C28H29N3O4/c32-26(29-18-19-7-5-9-21(17-19)30-27(33)25-13-6-16-35-25)22-10-2-3-11-23(22)28(34)31-15-14-20-8-1-4-12-24(20)31/h1,4-9,12-13,16-17,22-23H,2-3,10-11,14-15,18H2,(H,29,32)(H,30,33)/t22-,23+/m0/s1. The molecule has 7 heteroatoms. The van der Waals surface area contributed by atoms with Crippen LogP contribution in [0, 0.1) is 11.8 Å². The van der Waals surface area contributed by atoms with E-state index < -0.39 is 0 Å². The summed E-state index contributed by atoms with van der Waals surface area (Å²) in [6.07, 6.45) is 5.69. The second-order valence-electron chi connectivity index (χ2n) is 9.22. The molecule has 1 aliphatic heterocycles. The third-order valence-electron chi connectivity index (χ3n) is 6.97. The van der Waals surface area contributed by atoms with Gasteiger partial charge >= 0.3 is 0 Å². The van der Waals surface area contributed by atoms with E-state index in [9.17, 15) is 14.4 Å². The number of carbonyl (C=O) groups is 3. The summed E-state index contributed by atoms with van der Waals surface area (Å²) in [4.78, 5) is 40.8. The van der Waals surface area contributed by atoms with E-state index in [1.54, 1.807) is 18.2 Å². The first-order valence-electron chi connectivity index (χ1n) is 12.2. The topological polar surface area (TPSA) is 91.7 Å². The van der Waals surface area contributed by atoms with Gasteiger partial charge in [-0.1, -0.05) is 43.2 Å². The molecule has 5 rings (SSSR count). The summed E-state index contributed by atoms with van der Waals surface area (Å²) in [7, 11) is 0. The number of fused-ring (bicyclic) bond motifs is 1. The molecule has 2 N–H and O–H groups in total. The number of para-hydroxylation sites is 1. The quantitative estimate of drug-likeness (QED) is 0.552. The molecule has 3 amide bonds. The van der Waals surface area contributed by atoms with Crippen LogP contribution in [-0.4, -0.2) is 24.3 Å². The first-order chi connectivity index (χ1) is 17.1. The van der Waals surface area contributed by atoms with Crippen LogP contribution < -0.4 is 15.5 Å². The van der Waals surface area contributed by atoms with Gasteiger partial charge in [-0.3, -0.25) is 14.4 Å². The Morgan fingerprint density at radius 3 is 2.60 bits per heavy atom. The fourth-order valence-corrected chi connectivity index (χ4v) is 5.19. The number of nitrogens with zero attached hydrogens (tertiary/aromatic N) is 1. The van der Waals surface area contributed by atoms with Crippen LogP contribution in [0.25, 0.3) is 0 Å². The van der Waals surface area contributed by atoms with Gasteiger partial charge in [0.15, 0.2) is 5.76 Å². The molecule has 2 aromatic carbocycles. The minimum absolute atomic E-state index is 0.0671. The number of nitrogens with one attached hydrogen (secondary N) is 2. The Bertz CT molecular complexity index is 1220. The van der Waals surface area contributed by atoms with E-state index in [4.69, 9.17) is 4.42 Å². The lowest BCUT2D eigenvalue weighted by atomic mass is 9.77. The van der Waals surface area contributed by atoms with Gasteiger partial charge in [-0.2, -0.15) is 0 Å². The second kappa shape index (κ2) is 10.2. The van der Waals surface area contributed by atoms with Gasteiger partial charge in [-0.05, 0) is 60.7 Å². The van der Waals surface area contributed by atoms with Gasteiger partial charge < -0.3 is 20.0 Å². The average Bonchev–Trinajstić information content (AvgIpc) is 3.58. The molecular weight excluding hydrogens is 442 g/mol. The number of anilines is 2. The number of hydrogen-bond donors (Lipinski definition) is 2. The van der Waals surface area contributed by atoms with Gasteiger partial charge in [0.25, 0.3) is 5.91 Å². The first-order valence-corrected chi connectivity index (χ1v) is 12.2. The monoisotopic (exact) mass is 471 g/mol. The number of rotatable bonds is 6. The number of furan rings is 1. The van der Waals surface area contributed by atoms with Crippen molar-refractivity contribution in [3.05, 3.63) is 83.8 Å². The summed E-state index contributed by atoms with van der Waals surface area (Å²) in [6, 6.07) is 18.6. The minimum atomic E-state index is -0.330. The molecule has 0 unspecified atom stereocenters. The minimum Gasteiger partial charge on any atom is -0.459 e. The van der Waals surface area contributed by atoms with Crippen molar-refractivity contribution in [3.63, 3.8) is 0 Å². The zero-order valence-corrected chi connectivity index (χ0v) is 19.5. The van der Waals surface area contributed by atoms with Gasteiger partial charge in [0.1, 0.15) is 0 Å². The Morgan fingerprint density at radius 1 is 0.943 bits per heavy atom. The molecular formula is C28H29N3O4. The highest BCUT2D eigenvalue weighted by atomic mass is 16.3. The first kappa shape index (κ1) is 22.9. The molecule has 0 radical (unpaired) electrons. The maximum atomic E-state index is 13.5. The zero-order valence-electron chi connectivity index (χ0n) is 19.5. The third kappa shape index (κ3) is 4.99. The smallest absolute Gasteiger partial charge is 0.291 e. The fourth-order valence-electron chi connectivity index (χ4n) is 5.19. The largest absolute Gasteiger partial charge is 0.459 e. The zero-order chi connectivity index (χ0) is 24.2. The lowest BCUT2D eigenvalue weighted by Crippen LogP contribution is -2.45. The van der Waals surface area contributed by atoms with E-state index in [0.29, 0.717) is 18.8 Å². The average molecular weight is 472 g/mol. The molecule has 3 aromatic rings. The molecule has 1 fully saturated rings. The van der Waals surface area contributed by atoms with Crippen LogP contribution in [0.1, 0.15) is 47.4 Å². The van der Waals surface area contributed by atoms with Crippen LogP contribution in [-0.2, 0) is 22.6 Å². The van der Waals surface area contributed by atoms with Gasteiger partial charge in [-0.25, -0.2) is 0 Å². The second-order valence-corrected chi connectivity index (χ2v) is 9.22. The fraction of sp³-hybridized carbons (Fsp3) is 0.321. The van der Waals surface area contributed by atoms with Gasteiger partial charge in [0.05, 0.1) is 12.2 Å². The lowest BCUT2D eigenvalue weighted by molar-refractivity contribution is -0.135. The SMILES string of the molecule is O=C(Nc1cccc(CNC(=O)[C@H]2CCCC[C@H]2C(=O)N2CCc3ccccc32)c1)c1ccco1. The number of hydrogen-bond acceptors (Lipinski definition) is 4. The highest BCUT2D eigenvalue weighted by molar-refractivity contribution is 6.02. The number of carbonyl (C=O) groups excluding carboxylic acids is 3. The molecule has 2 aliphatic rings. The van der Waals surface area contributed by atoms with E-state index in [-0.39, 0.29) is 35.3 Å². The summed E-state index contributed by atoms with van der Waals surface area (Å²) in [5.41, 5.74) is 3.66. The summed E-state index contributed by atoms with van der Waals surface area (Å²) in [5, 5.41) is 5.83. The molecule has 1 aliphatic carbocycles. The Balaban J connectivity index is 1.22. The van der Waals surface area contributed by atoms with E-state index >= 15 is 0 Å². The molecule has 7 nitrogen and oxygen atoms in total. The molecule has 2 heterocycles. The molecule has 1 aromatic heterocycles. The summed E-state index contributed by atoms with van der Waals surface area (Å²) >= 11 is 0. The number of benzene rings is 2. The Kier molecular flexibility index (Phi) is 6.66. The highest BCUT2D eigenvalue weighted by Gasteiger charge is 2.39. The van der Waals surface area contributed by atoms with Crippen molar-refractivity contribution in [2.75, 3.05) is 16.8 Å². The van der Waals surface area contributed by atoms with Gasteiger partial charge in [0, 0.05) is 30.4 Å². The van der Waals surface area contributed by atoms with Crippen molar-refractivity contribution in [3.8, 4) is 0 Å². The van der Waals surface area contributed by atoms with Crippen LogP contribution in [0.15, 0.2) is 71.3 Å². The van der Waals surface area contributed by atoms with E-state index in [1.807, 2.05) is 41.3 Å². The Morgan fingerprint density at radius 2 is 1.77 bits per heavy atom. The Hall–Kier alpha value is -3.87. The van der Waals surface area contributed by atoms with Crippen molar-refractivity contribution >= 4 is 29.1 Å². The normalized spacial score (nSPS) is 19.1. The maximum Gasteiger partial charge on any atom is 0.291 e. The summed E-state index contributed by atoms with van der Waals surface area (Å²) < 4.78 is 5.13. The van der Waals surface area contributed by atoms with Gasteiger partial charge in [-0.15, -0.1) is 0 Å². The van der Waals surface area contributed by atoms with Crippen molar-refractivity contribution in [1.82, 2.24) is 5.32 Å². The van der Waals surface area contributed by atoms with E-state index in [0.717, 1.165) is 43.4 Å². The van der Waals surface area contributed by atoms with E-state index in [2.05, 4.69) is 16.7 Å². The van der Waals surface area contributed by atoms with Crippen molar-refractivity contribution in [2.24, 2.45) is 11.8 Å². The van der Waals surface area contributed by atoms with Crippen LogP contribution >= 0.6 is 0 Å². The van der Waals surface area contributed by atoms with E-state index in [1.165, 1.54) is 11.8 Å². The third-order valence-corrected chi connectivity index (χ3v) is 6.97. The highest BCUT2D eigenvalue weighted by Crippen LogP contribution is 2.36. The van der Waals surface area contributed by atoms with Crippen LogP contribution in [0.3, 0.4) is 0 Å². The predicted octanol–water partition coefficient (Wildman–Crippen LogP) is 4.54. The summed E-state index contributed by atoms with van der Waals surface area (Å²) in [6.45, 7) is 1.01. The summed E-state index contributed by atoms with van der Waals surface area (Å²) in [5.74, 6) is -0.738. The molecule has 0 saturated heterocycles. The lowest BCUT2D eigenvalue weighted by Gasteiger charge is -2.32. The molecule has 0 spiro atoms. The molecule has 1 saturated carbocycles. The maximum absolute atomic E-state index is 13.5. The van der Waals surface area contributed by atoms with Crippen LogP contribution in [0.2, 0.25) is 0 Å². The predicted molar refractivity (Wildman–Crippen MR) is 133 cm³/mol. The van der Waals surface area contributed by atoms with Crippen LogP contribution in [0.4, 0.5) is 11.4 Å². The Labute approximate surface area is 204 Å². The van der Waals surface area contributed by atoms with Crippen molar-refractivity contribution in [1.29, 1.82) is 0 Å². The molecule has 0 bridgehead atoms. The molecule has 35 heavy (non-hydrogen) atoms. The van der Waals surface area contributed by atoms with Crippen molar-refractivity contribution < 1.29 is 18.8 Å². The number of amides is 3.